The van der Waals surface area contributed by atoms with Crippen LogP contribution >= 0.6 is 11.3 Å². The second-order valence-electron chi connectivity index (χ2n) is 11.1. The zero-order valence-electron chi connectivity index (χ0n) is 22.7. The number of hydrogen-bond acceptors (Lipinski definition) is 5. The highest BCUT2D eigenvalue weighted by Gasteiger charge is 2.30. The van der Waals surface area contributed by atoms with Crippen molar-refractivity contribution in [1.82, 2.24) is 4.98 Å². The summed E-state index contributed by atoms with van der Waals surface area (Å²) < 4.78 is 5.13. The largest absolute Gasteiger partial charge is 0.465 e. The second kappa shape index (κ2) is 10.3. The van der Waals surface area contributed by atoms with Gasteiger partial charge in [-0.05, 0) is 53.9 Å². The number of nitrogens with zero attached hydrogens (tertiary/aromatic N) is 1. The maximum absolute atomic E-state index is 13.8. The van der Waals surface area contributed by atoms with Crippen LogP contribution in [-0.4, -0.2) is 24.0 Å². The number of thiophene rings is 1. The normalized spacial score (nSPS) is 15.2. The maximum atomic E-state index is 13.8. The molecule has 5 nitrogen and oxygen atoms in total. The lowest BCUT2D eigenvalue weighted by molar-refractivity contribution is 0.0600. The molecule has 0 fully saturated rings. The van der Waals surface area contributed by atoms with E-state index in [4.69, 9.17) is 9.72 Å². The third kappa shape index (κ3) is 4.97. The number of esters is 1. The topological polar surface area (TPSA) is 68.3 Å². The van der Waals surface area contributed by atoms with E-state index < -0.39 is 5.97 Å². The minimum Gasteiger partial charge on any atom is -0.465 e. The van der Waals surface area contributed by atoms with Gasteiger partial charge in [-0.15, -0.1) is 11.3 Å². The zero-order valence-corrected chi connectivity index (χ0v) is 23.5. The first-order valence-electron chi connectivity index (χ1n) is 13.2. The van der Waals surface area contributed by atoms with Gasteiger partial charge >= 0.3 is 5.97 Å². The molecule has 2 aromatic heterocycles. The van der Waals surface area contributed by atoms with Gasteiger partial charge in [0, 0.05) is 15.8 Å². The van der Waals surface area contributed by atoms with Crippen molar-refractivity contribution in [2.24, 2.45) is 5.92 Å². The van der Waals surface area contributed by atoms with Crippen molar-refractivity contribution in [1.29, 1.82) is 0 Å². The number of fused-ring (bicyclic) bond motifs is 2. The highest BCUT2D eigenvalue weighted by atomic mass is 32.1. The van der Waals surface area contributed by atoms with Crippen molar-refractivity contribution in [3.05, 3.63) is 81.7 Å². The molecule has 0 radical (unpaired) electrons. The molecule has 1 unspecified atom stereocenters. The summed E-state index contributed by atoms with van der Waals surface area (Å²) >= 11 is 1.51. The number of carbonyl (C=O) groups is 2. The van der Waals surface area contributed by atoms with Crippen molar-refractivity contribution in [2.45, 2.75) is 58.8 Å². The Labute approximate surface area is 228 Å². The van der Waals surface area contributed by atoms with Crippen molar-refractivity contribution in [3.8, 4) is 11.3 Å². The van der Waals surface area contributed by atoms with E-state index in [2.05, 4.69) is 57.3 Å². The average molecular weight is 527 g/mol. The van der Waals surface area contributed by atoms with Gasteiger partial charge in [0.1, 0.15) is 5.00 Å². The second-order valence-corrected chi connectivity index (χ2v) is 12.2. The Kier molecular flexibility index (Phi) is 7.10. The number of pyridine rings is 1. The number of nitrogens with one attached hydrogen (secondary N) is 1. The van der Waals surface area contributed by atoms with Gasteiger partial charge in [-0.25, -0.2) is 9.78 Å². The molecule has 38 heavy (non-hydrogen) atoms. The molecule has 0 saturated carbocycles. The molecule has 2 aromatic carbocycles. The molecule has 1 N–H and O–H groups in total. The van der Waals surface area contributed by atoms with E-state index >= 15 is 0 Å². The van der Waals surface area contributed by atoms with Gasteiger partial charge in [0.05, 0.1) is 29.4 Å². The Morgan fingerprint density at radius 2 is 1.84 bits per heavy atom. The average Bonchev–Trinajstić information content (AvgIpc) is 3.28. The van der Waals surface area contributed by atoms with Crippen LogP contribution in [0, 0.1) is 5.92 Å². The number of aromatic nitrogens is 1. The van der Waals surface area contributed by atoms with Gasteiger partial charge in [0.25, 0.3) is 5.91 Å². The summed E-state index contributed by atoms with van der Waals surface area (Å²) in [6.45, 7) is 8.76. The molecule has 1 atom stereocenters. The number of rotatable bonds is 5. The monoisotopic (exact) mass is 526 g/mol. The summed E-state index contributed by atoms with van der Waals surface area (Å²) in [6, 6.07) is 17.9. The Morgan fingerprint density at radius 1 is 1.11 bits per heavy atom. The van der Waals surface area contributed by atoms with Crippen LogP contribution in [0.3, 0.4) is 0 Å². The van der Waals surface area contributed by atoms with Gasteiger partial charge in [0.2, 0.25) is 0 Å². The quantitative estimate of drug-likeness (QED) is 0.269. The number of benzene rings is 2. The molecule has 1 aliphatic carbocycles. The number of para-hydroxylation sites is 1. The summed E-state index contributed by atoms with van der Waals surface area (Å²) in [5.41, 5.74) is 5.78. The first-order chi connectivity index (χ1) is 18.2. The molecule has 0 aliphatic heterocycles. The van der Waals surface area contributed by atoms with Crippen LogP contribution in [0.4, 0.5) is 5.00 Å². The Morgan fingerprint density at radius 3 is 2.53 bits per heavy atom. The number of ether oxygens (including phenoxy) is 1. The summed E-state index contributed by atoms with van der Waals surface area (Å²) in [4.78, 5) is 32.7. The van der Waals surface area contributed by atoms with Crippen LogP contribution in [0.25, 0.3) is 22.2 Å². The van der Waals surface area contributed by atoms with Gasteiger partial charge in [-0.1, -0.05) is 76.6 Å². The highest BCUT2D eigenvalue weighted by molar-refractivity contribution is 7.17. The predicted octanol–water partition coefficient (Wildman–Crippen LogP) is 7.81. The van der Waals surface area contributed by atoms with E-state index in [0.29, 0.717) is 22.0 Å². The lowest BCUT2D eigenvalue weighted by atomic mass is 9.85. The van der Waals surface area contributed by atoms with E-state index in [1.54, 1.807) is 0 Å². The molecule has 2 heterocycles. The number of hydrogen-bond donors (Lipinski definition) is 1. The van der Waals surface area contributed by atoms with E-state index in [-0.39, 0.29) is 11.3 Å². The lowest BCUT2D eigenvalue weighted by Crippen LogP contribution is -2.17. The first-order valence-corrected chi connectivity index (χ1v) is 14.1. The molecule has 1 amide bonds. The van der Waals surface area contributed by atoms with E-state index in [9.17, 15) is 9.59 Å². The molecule has 4 aromatic rings. The van der Waals surface area contributed by atoms with E-state index in [1.807, 2.05) is 30.3 Å². The van der Waals surface area contributed by atoms with Gasteiger partial charge in [0.15, 0.2) is 0 Å². The number of methoxy groups -OCH3 is 1. The molecular weight excluding hydrogens is 492 g/mol. The summed E-state index contributed by atoms with van der Waals surface area (Å²) in [5, 5.41) is 4.42. The third-order valence-electron chi connectivity index (χ3n) is 7.57. The SMILES string of the molecule is CCC1CCc2c(sc(NC(=O)c3cc(-c4ccc(C(C)(C)C)cc4)nc4ccccc34)c2C(=O)OC)C1. The first kappa shape index (κ1) is 26.1. The van der Waals surface area contributed by atoms with Crippen molar-refractivity contribution in [2.75, 3.05) is 12.4 Å². The predicted molar refractivity (Wildman–Crippen MR) is 155 cm³/mol. The van der Waals surface area contributed by atoms with Crippen LogP contribution in [0.2, 0.25) is 0 Å². The van der Waals surface area contributed by atoms with Gasteiger partial charge in [-0.3, -0.25) is 4.79 Å². The van der Waals surface area contributed by atoms with Gasteiger partial charge in [-0.2, -0.15) is 0 Å². The Balaban J connectivity index is 1.55. The third-order valence-corrected chi connectivity index (χ3v) is 8.74. The fraction of sp³-hybridized carbons (Fsp3) is 0.344. The van der Waals surface area contributed by atoms with Crippen LogP contribution < -0.4 is 5.32 Å². The fourth-order valence-electron chi connectivity index (χ4n) is 5.23. The molecular formula is C32H34N2O3S. The maximum Gasteiger partial charge on any atom is 0.341 e. The summed E-state index contributed by atoms with van der Waals surface area (Å²) in [6.07, 6.45) is 3.92. The molecule has 1 aliphatic rings. The van der Waals surface area contributed by atoms with Crippen LogP contribution in [0.5, 0.6) is 0 Å². The van der Waals surface area contributed by atoms with Crippen LogP contribution in [-0.2, 0) is 23.0 Å². The highest BCUT2D eigenvalue weighted by Crippen LogP contribution is 2.41. The number of anilines is 1. The molecule has 5 rings (SSSR count). The van der Waals surface area contributed by atoms with Gasteiger partial charge < -0.3 is 10.1 Å². The van der Waals surface area contributed by atoms with E-state index in [0.717, 1.165) is 53.4 Å². The lowest BCUT2D eigenvalue weighted by Gasteiger charge is -2.20. The molecule has 6 heteroatoms. The van der Waals surface area contributed by atoms with Crippen molar-refractivity contribution in [3.63, 3.8) is 0 Å². The Bertz CT molecular complexity index is 1510. The number of carbonyl (C=O) groups excluding carboxylic acids is 2. The molecule has 196 valence electrons. The molecule has 0 bridgehead atoms. The summed E-state index contributed by atoms with van der Waals surface area (Å²) in [7, 11) is 1.39. The minimum absolute atomic E-state index is 0.0504. The summed E-state index contributed by atoms with van der Waals surface area (Å²) in [5.74, 6) is -0.0505. The Hall–Kier alpha value is -3.51. The minimum atomic E-state index is -0.396. The number of amides is 1. The molecule has 0 saturated heterocycles. The van der Waals surface area contributed by atoms with Crippen LogP contribution in [0.15, 0.2) is 54.6 Å². The molecule has 0 spiro atoms. The fourth-order valence-corrected chi connectivity index (χ4v) is 6.58. The van der Waals surface area contributed by atoms with Crippen molar-refractivity contribution < 1.29 is 14.3 Å². The van der Waals surface area contributed by atoms with Crippen LogP contribution in [0.1, 0.15) is 77.3 Å². The van der Waals surface area contributed by atoms with Crippen molar-refractivity contribution >= 4 is 39.1 Å². The smallest absolute Gasteiger partial charge is 0.341 e. The van der Waals surface area contributed by atoms with E-state index in [1.165, 1.54) is 28.9 Å². The standard InChI is InChI=1S/C32H34N2O3S/c1-6-19-11-16-23-27(17-19)38-30(28(23)31(36)37-5)34-29(35)24-18-26(33-25-10-8-7-9-22(24)25)20-12-14-21(15-13-20)32(2,3)4/h7-10,12-15,18-19H,6,11,16-17H2,1-5H3,(H,34,35). The zero-order chi connectivity index (χ0) is 27.0.